The molecule has 0 atom stereocenters. The van der Waals surface area contributed by atoms with Crippen LogP contribution in [0.15, 0.2) is 47.0 Å². The molecular weight excluding hydrogens is 553 g/mol. The van der Waals surface area contributed by atoms with E-state index in [1.807, 2.05) is 29.2 Å². The maximum absolute atomic E-state index is 13.7. The fourth-order valence-electron chi connectivity index (χ4n) is 5.79. The van der Waals surface area contributed by atoms with E-state index in [4.69, 9.17) is 13.9 Å². The van der Waals surface area contributed by atoms with E-state index in [1.165, 1.54) is 6.20 Å². The van der Waals surface area contributed by atoms with Crippen molar-refractivity contribution in [2.24, 2.45) is 0 Å². The third kappa shape index (κ3) is 6.22. The molecule has 6 rings (SSSR count). The van der Waals surface area contributed by atoms with Crippen LogP contribution in [-0.2, 0) is 30.2 Å². The van der Waals surface area contributed by atoms with Gasteiger partial charge in [-0.1, -0.05) is 30.3 Å². The van der Waals surface area contributed by atoms with Gasteiger partial charge in [0.25, 0.3) is 0 Å². The smallest absolute Gasteiger partial charge is 0.437 e. The van der Waals surface area contributed by atoms with Gasteiger partial charge in [-0.05, 0) is 48.4 Å². The maximum Gasteiger partial charge on any atom is 0.437 e. The summed E-state index contributed by atoms with van der Waals surface area (Å²) in [6.07, 6.45) is 0.0159. The molecule has 1 aromatic carbocycles. The summed E-state index contributed by atoms with van der Waals surface area (Å²) >= 11 is 0. The molecule has 42 heavy (non-hydrogen) atoms. The Morgan fingerprint density at radius 3 is 2.26 bits per heavy atom. The van der Waals surface area contributed by atoms with Crippen molar-refractivity contribution in [3.63, 3.8) is 0 Å². The SMILES string of the molecule is O=C(Cc1ccc(N2CCN(C(=O)OC3CCCC3)CC2)nc1)c1oc(OC2Cc3ccccc3C2)nc1C(F)(F)F. The van der Waals surface area contributed by atoms with Crippen LogP contribution in [0.1, 0.15) is 58.6 Å². The lowest BCUT2D eigenvalue weighted by Gasteiger charge is -2.35. The van der Waals surface area contributed by atoms with Crippen LogP contribution in [-0.4, -0.2) is 65.1 Å². The first kappa shape index (κ1) is 28.0. The predicted octanol–water partition coefficient (Wildman–Crippen LogP) is 5.26. The maximum atomic E-state index is 13.7. The van der Waals surface area contributed by atoms with E-state index in [0.29, 0.717) is 50.4 Å². The van der Waals surface area contributed by atoms with Crippen molar-refractivity contribution >= 4 is 17.7 Å². The number of carbonyl (C=O) groups is 2. The Bertz CT molecular complexity index is 1400. The van der Waals surface area contributed by atoms with Crippen LogP contribution in [0.2, 0.25) is 0 Å². The van der Waals surface area contributed by atoms with Gasteiger partial charge in [-0.3, -0.25) is 4.79 Å². The zero-order chi connectivity index (χ0) is 29.3. The van der Waals surface area contributed by atoms with E-state index in [0.717, 1.165) is 36.8 Å². The second kappa shape index (κ2) is 11.7. The third-order valence-corrected chi connectivity index (χ3v) is 8.02. The molecule has 0 radical (unpaired) electrons. The number of piperazine rings is 1. The number of nitrogens with zero attached hydrogens (tertiary/aromatic N) is 4. The van der Waals surface area contributed by atoms with Gasteiger partial charge in [-0.25, -0.2) is 9.78 Å². The Hall–Kier alpha value is -4.09. The number of pyridine rings is 1. The zero-order valence-electron chi connectivity index (χ0n) is 22.9. The molecule has 3 aromatic rings. The highest BCUT2D eigenvalue weighted by atomic mass is 19.4. The molecule has 1 amide bonds. The predicted molar refractivity (Wildman–Crippen MR) is 145 cm³/mol. The number of carbonyl (C=O) groups excluding carboxylic acids is 2. The highest BCUT2D eigenvalue weighted by molar-refractivity contribution is 5.96. The molecular formula is C30H31F3N4O5. The standard InChI is InChI=1S/C30H31F3N4O5/c31-30(32,33)27-26(42-28(35-27)40-23-16-20-5-1-2-6-21(20)17-23)24(38)15-19-9-10-25(34-18-19)36-11-13-37(14-12-36)29(39)41-22-7-3-4-8-22/h1-2,5-6,9-10,18,22-23H,3-4,7-8,11-17H2. The normalized spacial score (nSPS) is 17.9. The minimum atomic E-state index is -4.89. The molecule has 0 unspecified atom stereocenters. The van der Waals surface area contributed by atoms with Crippen molar-refractivity contribution in [1.29, 1.82) is 0 Å². The van der Waals surface area contributed by atoms with Crippen LogP contribution >= 0.6 is 0 Å². The van der Waals surface area contributed by atoms with Crippen molar-refractivity contribution < 1.29 is 36.7 Å². The fraction of sp³-hybridized carbons (Fsp3) is 0.467. The third-order valence-electron chi connectivity index (χ3n) is 8.02. The zero-order valence-corrected chi connectivity index (χ0v) is 22.9. The molecule has 2 fully saturated rings. The van der Waals surface area contributed by atoms with E-state index in [2.05, 4.69) is 9.97 Å². The first-order chi connectivity index (χ1) is 20.2. The number of hydrogen-bond donors (Lipinski definition) is 0. The topological polar surface area (TPSA) is 98.0 Å². The number of anilines is 1. The number of benzene rings is 1. The van der Waals surface area contributed by atoms with Crippen molar-refractivity contribution in [3.8, 4) is 6.08 Å². The summed E-state index contributed by atoms with van der Waals surface area (Å²) in [6, 6.07) is 11.0. The number of rotatable bonds is 7. The Labute approximate surface area is 240 Å². The van der Waals surface area contributed by atoms with E-state index in [-0.39, 0.29) is 18.6 Å². The molecule has 3 aliphatic rings. The highest BCUT2D eigenvalue weighted by Gasteiger charge is 2.42. The van der Waals surface area contributed by atoms with Crippen molar-refractivity contribution in [2.75, 3.05) is 31.1 Å². The number of oxazole rings is 1. The molecule has 0 spiro atoms. The van der Waals surface area contributed by atoms with Crippen LogP contribution in [0.3, 0.4) is 0 Å². The summed E-state index contributed by atoms with van der Waals surface area (Å²) in [5.41, 5.74) is 1.15. The summed E-state index contributed by atoms with van der Waals surface area (Å²) in [7, 11) is 0. The molecule has 222 valence electrons. The Morgan fingerprint density at radius 1 is 0.952 bits per heavy atom. The van der Waals surface area contributed by atoms with Gasteiger partial charge in [0.1, 0.15) is 18.0 Å². The summed E-state index contributed by atoms with van der Waals surface area (Å²) < 4.78 is 57.7. The van der Waals surface area contributed by atoms with Crippen LogP contribution in [0, 0.1) is 0 Å². The molecule has 2 aromatic heterocycles. The van der Waals surface area contributed by atoms with Crippen LogP contribution in [0.4, 0.5) is 23.8 Å². The summed E-state index contributed by atoms with van der Waals surface area (Å²) in [5.74, 6) is -1.10. The van der Waals surface area contributed by atoms with Gasteiger partial charge in [-0.15, -0.1) is 0 Å². The molecule has 1 aliphatic heterocycles. The average Bonchev–Trinajstić information content (AvgIpc) is 3.73. The van der Waals surface area contributed by atoms with Crippen LogP contribution < -0.4 is 9.64 Å². The second-order valence-corrected chi connectivity index (χ2v) is 11.0. The highest BCUT2D eigenvalue weighted by Crippen LogP contribution is 2.35. The number of halogens is 3. The van der Waals surface area contributed by atoms with Gasteiger partial charge in [0.2, 0.25) is 11.5 Å². The summed E-state index contributed by atoms with van der Waals surface area (Å²) in [5, 5.41) is 0. The largest absolute Gasteiger partial charge is 0.446 e. The number of ether oxygens (including phenoxy) is 2. The Balaban J connectivity index is 1.06. The van der Waals surface area contributed by atoms with E-state index in [1.54, 1.807) is 17.0 Å². The first-order valence-corrected chi connectivity index (χ1v) is 14.2. The molecule has 1 saturated heterocycles. The molecule has 0 bridgehead atoms. The quantitative estimate of drug-likeness (QED) is 0.347. The monoisotopic (exact) mass is 584 g/mol. The number of aromatic nitrogens is 2. The minimum Gasteiger partial charge on any atom is -0.446 e. The lowest BCUT2D eigenvalue weighted by atomic mass is 10.1. The van der Waals surface area contributed by atoms with Crippen LogP contribution in [0.25, 0.3) is 0 Å². The van der Waals surface area contributed by atoms with Crippen molar-refractivity contribution in [3.05, 3.63) is 70.7 Å². The number of ketones is 1. The number of Topliss-reactive ketones (excluding diaryl/α,β-unsaturated/α-hetero) is 1. The molecule has 0 N–H and O–H groups in total. The lowest BCUT2D eigenvalue weighted by molar-refractivity contribution is -0.141. The van der Waals surface area contributed by atoms with Gasteiger partial charge in [-0.2, -0.15) is 18.2 Å². The minimum absolute atomic E-state index is 0.0147. The Kier molecular flexibility index (Phi) is 7.78. The number of amides is 1. The number of alkyl halides is 3. The van der Waals surface area contributed by atoms with Gasteiger partial charge < -0.3 is 23.7 Å². The van der Waals surface area contributed by atoms with Gasteiger partial charge in [0.15, 0.2) is 5.69 Å². The second-order valence-electron chi connectivity index (χ2n) is 11.0. The molecule has 2 aliphatic carbocycles. The van der Waals surface area contributed by atoms with Crippen molar-refractivity contribution in [1.82, 2.24) is 14.9 Å². The number of fused-ring (bicyclic) bond motifs is 1. The fourth-order valence-corrected chi connectivity index (χ4v) is 5.79. The van der Waals surface area contributed by atoms with Gasteiger partial charge in [0.05, 0.1) is 0 Å². The molecule has 12 heteroatoms. The number of hydrogen-bond acceptors (Lipinski definition) is 8. The lowest BCUT2D eigenvalue weighted by Crippen LogP contribution is -2.49. The van der Waals surface area contributed by atoms with E-state index in [9.17, 15) is 22.8 Å². The summed E-state index contributed by atoms with van der Waals surface area (Å²) in [6.45, 7) is 2.12. The molecule has 1 saturated carbocycles. The van der Waals surface area contributed by atoms with Gasteiger partial charge >= 0.3 is 18.3 Å². The van der Waals surface area contributed by atoms with Gasteiger partial charge in [0, 0.05) is 51.6 Å². The average molecular weight is 585 g/mol. The first-order valence-electron chi connectivity index (χ1n) is 14.2. The van der Waals surface area contributed by atoms with E-state index < -0.39 is 35.6 Å². The van der Waals surface area contributed by atoms with Crippen molar-refractivity contribution in [2.45, 2.75) is 63.3 Å². The molecule has 3 heterocycles. The van der Waals surface area contributed by atoms with Crippen LogP contribution in [0.5, 0.6) is 6.08 Å². The Morgan fingerprint density at radius 2 is 1.64 bits per heavy atom. The van der Waals surface area contributed by atoms with E-state index >= 15 is 0 Å². The summed E-state index contributed by atoms with van der Waals surface area (Å²) in [4.78, 5) is 37.0. The molecule has 9 nitrogen and oxygen atoms in total.